The van der Waals surface area contributed by atoms with Crippen molar-refractivity contribution in [1.82, 2.24) is 9.55 Å². The Hall–Kier alpha value is -3.27. The maximum Gasteiger partial charge on any atom is 0.161 e. The fraction of sp³-hybridized carbons (Fsp3) is 0.136. The van der Waals surface area contributed by atoms with Crippen LogP contribution in [-0.2, 0) is 6.54 Å². The molecule has 0 unspecified atom stereocenters. The fourth-order valence-electron chi connectivity index (χ4n) is 3.20. The van der Waals surface area contributed by atoms with Crippen LogP contribution in [0.5, 0.6) is 11.5 Å². The fourth-order valence-corrected chi connectivity index (χ4v) is 3.20. The number of aromatic nitrogens is 2. The van der Waals surface area contributed by atoms with Crippen LogP contribution in [0.3, 0.4) is 0 Å². The molecule has 0 atom stereocenters. The molecule has 26 heavy (non-hydrogen) atoms. The van der Waals surface area contributed by atoms with Gasteiger partial charge in [0.05, 0.1) is 25.3 Å². The molecule has 4 rings (SSSR count). The van der Waals surface area contributed by atoms with Gasteiger partial charge in [0.1, 0.15) is 5.82 Å². The number of rotatable bonds is 5. The van der Waals surface area contributed by atoms with E-state index in [-0.39, 0.29) is 0 Å². The number of benzene rings is 3. The summed E-state index contributed by atoms with van der Waals surface area (Å²) in [6, 6.07) is 24.5. The van der Waals surface area contributed by atoms with Gasteiger partial charge in [-0.15, -0.1) is 0 Å². The van der Waals surface area contributed by atoms with Crippen molar-refractivity contribution < 1.29 is 9.47 Å². The molecule has 0 aliphatic heterocycles. The highest BCUT2D eigenvalue weighted by Crippen LogP contribution is 2.33. The predicted molar refractivity (Wildman–Crippen MR) is 104 cm³/mol. The maximum absolute atomic E-state index is 5.47. The van der Waals surface area contributed by atoms with Crippen molar-refractivity contribution in [3.8, 4) is 22.9 Å². The highest BCUT2D eigenvalue weighted by molar-refractivity contribution is 5.81. The van der Waals surface area contributed by atoms with Gasteiger partial charge in [0, 0.05) is 12.1 Å². The van der Waals surface area contributed by atoms with Crippen molar-refractivity contribution in [2.75, 3.05) is 14.2 Å². The van der Waals surface area contributed by atoms with Gasteiger partial charge in [0.25, 0.3) is 0 Å². The summed E-state index contributed by atoms with van der Waals surface area (Å²) in [5.74, 6) is 2.32. The van der Waals surface area contributed by atoms with Crippen molar-refractivity contribution >= 4 is 11.0 Å². The first kappa shape index (κ1) is 16.2. The first-order valence-corrected chi connectivity index (χ1v) is 8.52. The van der Waals surface area contributed by atoms with E-state index in [0.29, 0.717) is 11.5 Å². The van der Waals surface area contributed by atoms with Crippen LogP contribution in [0.4, 0.5) is 0 Å². The van der Waals surface area contributed by atoms with E-state index >= 15 is 0 Å². The molecule has 130 valence electrons. The molecular formula is C22H20N2O2. The summed E-state index contributed by atoms with van der Waals surface area (Å²) < 4.78 is 13.1. The standard InChI is InChI=1S/C22H20N2O2/c1-25-20-13-12-17(14-21(20)26-2)22-23-18-10-6-7-11-19(18)24(22)15-16-8-4-3-5-9-16/h3-14H,15H2,1-2H3. The van der Waals surface area contributed by atoms with Gasteiger partial charge in [0.2, 0.25) is 0 Å². The van der Waals surface area contributed by atoms with Crippen molar-refractivity contribution in [3.05, 3.63) is 78.4 Å². The molecule has 0 saturated carbocycles. The second-order valence-corrected chi connectivity index (χ2v) is 6.07. The summed E-state index contributed by atoms with van der Waals surface area (Å²) in [6.45, 7) is 0.755. The Labute approximate surface area is 152 Å². The average Bonchev–Trinajstić information content (AvgIpc) is 3.07. The molecule has 4 nitrogen and oxygen atoms in total. The van der Waals surface area contributed by atoms with Gasteiger partial charge in [-0.2, -0.15) is 0 Å². The zero-order valence-corrected chi connectivity index (χ0v) is 14.8. The molecule has 0 saturated heterocycles. The Balaban J connectivity index is 1.88. The van der Waals surface area contributed by atoms with Crippen LogP contribution in [0.25, 0.3) is 22.4 Å². The second-order valence-electron chi connectivity index (χ2n) is 6.07. The molecule has 1 heterocycles. The van der Waals surface area contributed by atoms with Crippen LogP contribution in [0.2, 0.25) is 0 Å². The molecular weight excluding hydrogens is 324 g/mol. The molecule has 0 N–H and O–H groups in total. The van der Waals surface area contributed by atoms with Crippen LogP contribution >= 0.6 is 0 Å². The second kappa shape index (κ2) is 6.92. The lowest BCUT2D eigenvalue weighted by Crippen LogP contribution is -2.02. The number of hydrogen-bond donors (Lipinski definition) is 0. The van der Waals surface area contributed by atoms with Crippen LogP contribution in [0, 0.1) is 0 Å². The molecule has 3 aromatic carbocycles. The lowest BCUT2D eigenvalue weighted by molar-refractivity contribution is 0.355. The summed E-state index contributed by atoms with van der Waals surface area (Å²) in [6.07, 6.45) is 0. The summed E-state index contributed by atoms with van der Waals surface area (Å²) in [5.41, 5.74) is 4.32. The molecule has 0 fully saturated rings. The molecule has 4 aromatic rings. The Morgan fingerprint density at radius 2 is 1.54 bits per heavy atom. The number of imidazole rings is 1. The van der Waals surface area contributed by atoms with E-state index in [9.17, 15) is 0 Å². The number of ether oxygens (including phenoxy) is 2. The monoisotopic (exact) mass is 344 g/mol. The molecule has 0 radical (unpaired) electrons. The van der Waals surface area contributed by atoms with Gasteiger partial charge in [-0.05, 0) is 35.9 Å². The molecule has 0 amide bonds. The smallest absolute Gasteiger partial charge is 0.161 e. The largest absolute Gasteiger partial charge is 0.493 e. The number of methoxy groups -OCH3 is 2. The van der Waals surface area contributed by atoms with Crippen LogP contribution < -0.4 is 9.47 Å². The topological polar surface area (TPSA) is 36.3 Å². The number of para-hydroxylation sites is 2. The minimum Gasteiger partial charge on any atom is -0.493 e. The van der Waals surface area contributed by atoms with Gasteiger partial charge < -0.3 is 14.0 Å². The third kappa shape index (κ3) is 2.90. The van der Waals surface area contributed by atoms with Gasteiger partial charge in [-0.3, -0.25) is 0 Å². The van der Waals surface area contributed by atoms with Crippen LogP contribution in [-0.4, -0.2) is 23.8 Å². The Bertz CT molecular complexity index is 1040. The van der Waals surface area contributed by atoms with E-state index < -0.39 is 0 Å². The summed E-state index contributed by atoms with van der Waals surface area (Å²) in [4.78, 5) is 4.88. The number of hydrogen-bond acceptors (Lipinski definition) is 3. The van der Waals surface area contributed by atoms with E-state index in [1.165, 1.54) is 5.56 Å². The Kier molecular flexibility index (Phi) is 4.32. The highest BCUT2D eigenvalue weighted by Gasteiger charge is 2.15. The zero-order valence-electron chi connectivity index (χ0n) is 14.8. The van der Waals surface area contributed by atoms with E-state index in [0.717, 1.165) is 29.0 Å². The summed E-state index contributed by atoms with van der Waals surface area (Å²) in [7, 11) is 3.29. The van der Waals surface area contributed by atoms with Crippen molar-refractivity contribution in [2.24, 2.45) is 0 Å². The van der Waals surface area contributed by atoms with Gasteiger partial charge >= 0.3 is 0 Å². The Morgan fingerprint density at radius 1 is 0.808 bits per heavy atom. The van der Waals surface area contributed by atoms with E-state index in [1.54, 1.807) is 14.2 Å². The van der Waals surface area contributed by atoms with Gasteiger partial charge in [-0.25, -0.2) is 4.98 Å². The quantitative estimate of drug-likeness (QED) is 0.523. The molecule has 0 aliphatic carbocycles. The van der Waals surface area contributed by atoms with E-state index in [4.69, 9.17) is 14.5 Å². The molecule has 0 aliphatic rings. The first-order chi connectivity index (χ1) is 12.8. The number of nitrogens with zero attached hydrogens (tertiary/aromatic N) is 2. The van der Waals surface area contributed by atoms with Crippen molar-refractivity contribution in [2.45, 2.75) is 6.54 Å². The zero-order chi connectivity index (χ0) is 17.9. The highest BCUT2D eigenvalue weighted by atomic mass is 16.5. The average molecular weight is 344 g/mol. The Morgan fingerprint density at radius 3 is 2.31 bits per heavy atom. The maximum atomic E-state index is 5.47. The summed E-state index contributed by atoms with van der Waals surface area (Å²) >= 11 is 0. The molecule has 0 bridgehead atoms. The van der Waals surface area contributed by atoms with E-state index in [2.05, 4.69) is 34.9 Å². The molecule has 0 spiro atoms. The summed E-state index contributed by atoms with van der Waals surface area (Å²) in [5, 5.41) is 0. The number of fused-ring (bicyclic) bond motifs is 1. The predicted octanol–water partition coefficient (Wildman–Crippen LogP) is 4.77. The lowest BCUT2D eigenvalue weighted by Gasteiger charge is -2.12. The minimum absolute atomic E-state index is 0.698. The first-order valence-electron chi connectivity index (χ1n) is 8.52. The third-order valence-electron chi connectivity index (χ3n) is 4.48. The normalized spacial score (nSPS) is 10.8. The molecule has 4 heteroatoms. The van der Waals surface area contributed by atoms with Crippen molar-refractivity contribution in [1.29, 1.82) is 0 Å². The third-order valence-corrected chi connectivity index (χ3v) is 4.48. The lowest BCUT2D eigenvalue weighted by atomic mass is 10.1. The minimum atomic E-state index is 0.698. The van der Waals surface area contributed by atoms with E-state index in [1.807, 2.05) is 42.5 Å². The van der Waals surface area contributed by atoms with Gasteiger partial charge in [0.15, 0.2) is 11.5 Å². The van der Waals surface area contributed by atoms with Crippen molar-refractivity contribution in [3.63, 3.8) is 0 Å². The van der Waals surface area contributed by atoms with Gasteiger partial charge in [-0.1, -0.05) is 42.5 Å². The van der Waals surface area contributed by atoms with Crippen LogP contribution in [0.1, 0.15) is 5.56 Å². The SMILES string of the molecule is COc1ccc(-c2nc3ccccc3n2Cc2ccccc2)cc1OC. The molecule has 1 aromatic heterocycles. The van der Waals surface area contributed by atoms with Crippen LogP contribution in [0.15, 0.2) is 72.8 Å².